The molecule has 0 bridgehead atoms. The maximum atomic E-state index is 2.45. The van der Waals surface area contributed by atoms with Crippen LogP contribution in [0.4, 0.5) is 0 Å². The molecule has 0 aliphatic carbocycles. The molecular formula is C138H96N4Si2. The first-order chi connectivity index (χ1) is 71.4. The molecule has 0 atom stereocenters. The molecule has 0 saturated heterocycles. The van der Waals surface area contributed by atoms with E-state index in [-0.39, 0.29) is 0 Å². The highest BCUT2D eigenvalue weighted by atomic mass is 28.3. The summed E-state index contributed by atoms with van der Waals surface area (Å²) in [5.41, 5.74) is 31.1. The van der Waals surface area contributed by atoms with Crippen molar-refractivity contribution in [1.29, 1.82) is 0 Å². The standard InChI is InChI=1S/C72H50N2Si.C66H46N2Si/c1-5-18-51(19-6-1)52-36-42-59(43-37-52)73-69-30-15-13-28-65(69)67-49-57(40-46-71(67)73)53-32-34-54(35-33-53)58-41-47-72-68(50-58)66-29-14-16-31-70(66)74(72)60-44-38-55(39-45-60)56-20-17-27-64(48-56)75(61-21-7-2-8-22-61,62-23-9-3-10-24-62)63-25-11-4-12-26-63;1-5-19-53(20-6-1)67-63-30-15-13-28-59(63)61-45-51(38-42-65(61)67)47-32-34-48(35-33-47)52-39-43-66-62(46-52)60-29-14-16-31-64(60)68(66)54-40-36-49(37-41-54)50-18-17-27-58(44-50)69(55-21-7-2-8-22-55,56-23-9-3-10-24-56)57-25-11-4-12-26-57/h1-50H;1-46H. The predicted molar refractivity (Wildman–Crippen MR) is 616 cm³/mol. The van der Waals surface area contributed by atoms with Crippen molar-refractivity contribution in [2.24, 2.45) is 0 Å². The van der Waals surface area contributed by atoms with Crippen LogP contribution in [-0.2, 0) is 0 Å². The van der Waals surface area contributed by atoms with Gasteiger partial charge in [0.25, 0.3) is 0 Å². The van der Waals surface area contributed by atoms with Crippen LogP contribution in [0, 0.1) is 0 Å². The van der Waals surface area contributed by atoms with Gasteiger partial charge in [0, 0.05) is 65.8 Å². The molecule has 144 heavy (non-hydrogen) atoms. The minimum absolute atomic E-state index is 1.14. The highest BCUT2D eigenvalue weighted by molar-refractivity contribution is 7.20. The number of benzene rings is 23. The molecular weight excluding hydrogens is 1770 g/mol. The second-order valence-corrected chi connectivity index (χ2v) is 45.3. The van der Waals surface area contributed by atoms with E-state index in [0.29, 0.717) is 0 Å². The predicted octanol–water partition coefficient (Wildman–Crippen LogP) is 30.2. The van der Waals surface area contributed by atoms with Crippen LogP contribution < -0.4 is 41.5 Å². The van der Waals surface area contributed by atoms with E-state index >= 15 is 0 Å². The Morgan fingerprint density at radius 1 is 0.0972 bits per heavy atom. The van der Waals surface area contributed by atoms with Crippen LogP contribution in [-0.4, -0.2) is 34.4 Å². The lowest BCUT2D eigenvalue weighted by molar-refractivity contribution is 1.18. The Balaban J connectivity index is 0.000000147. The van der Waals surface area contributed by atoms with E-state index in [9.17, 15) is 0 Å². The van der Waals surface area contributed by atoms with Crippen molar-refractivity contribution in [2.75, 3.05) is 0 Å². The van der Waals surface area contributed by atoms with Gasteiger partial charge in [0.2, 0.25) is 0 Å². The topological polar surface area (TPSA) is 19.7 Å². The molecule has 0 unspecified atom stereocenters. The number of aromatic nitrogens is 4. The van der Waals surface area contributed by atoms with Gasteiger partial charge in [-0.25, -0.2) is 0 Å². The van der Waals surface area contributed by atoms with Gasteiger partial charge in [-0.05, 0) is 241 Å². The fraction of sp³-hybridized carbons (Fsp3) is 0. The Morgan fingerprint density at radius 3 is 0.507 bits per heavy atom. The SMILES string of the molecule is c1ccc(-c2ccc(-n3c4ccccc4c4cc(-c5ccc(-c6ccc7c(c6)c6ccccc6n7-c6ccc(-c7cccc([Si](c8ccccc8)(c8ccccc8)c8ccccc8)c7)cc6)cc5)ccc43)cc2)cc1.c1ccc(-n2c3ccccc3c3cc(-c4ccc(-c5ccc6c(c5)c5ccccc5n6-c5ccc(-c6cccc([Si](c7ccccc7)(c7ccccc7)c7ccccc7)c6)cc5)cc4)ccc32)cc1. The van der Waals surface area contributed by atoms with Crippen LogP contribution in [0.25, 0.3) is 188 Å². The molecule has 4 aromatic heterocycles. The lowest BCUT2D eigenvalue weighted by Crippen LogP contribution is -2.74. The molecule has 676 valence electrons. The molecule has 0 radical (unpaired) electrons. The third-order valence-electron chi connectivity index (χ3n) is 29.8. The summed E-state index contributed by atoms with van der Waals surface area (Å²) in [6, 6.07) is 215. The summed E-state index contributed by atoms with van der Waals surface area (Å²) in [5.74, 6) is 0. The fourth-order valence-electron chi connectivity index (χ4n) is 23.0. The van der Waals surface area contributed by atoms with E-state index in [1.165, 1.54) is 212 Å². The number of hydrogen-bond acceptors (Lipinski definition) is 0. The van der Waals surface area contributed by atoms with Crippen LogP contribution in [0.5, 0.6) is 0 Å². The highest BCUT2D eigenvalue weighted by Gasteiger charge is 2.43. The van der Waals surface area contributed by atoms with Gasteiger partial charge >= 0.3 is 0 Å². The van der Waals surface area contributed by atoms with Gasteiger partial charge in [-0.15, -0.1) is 0 Å². The van der Waals surface area contributed by atoms with Crippen LogP contribution in [0.3, 0.4) is 0 Å². The first-order valence-corrected chi connectivity index (χ1v) is 53.7. The Hall–Kier alpha value is -18.3. The molecule has 0 aliphatic heterocycles. The van der Waals surface area contributed by atoms with Gasteiger partial charge in [-0.2, -0.15) is 0 Å². The molecule has 6 heteroatoms. The summed E-state index contributed by atoms with van der Waals surface area (Å²) in [6.45, 7) is 0. The molecule has 0 spiro atoms. The summed E-state index contributed by atoms with van der Waals surface area (Å²) < 4.78 is 9.60. The molecule has 0 aliphatic rings. The number of nitrogens with zero attached hydrogens (tertiary/aromatic N) is 4. The fourth-order valence-corrected chi connectivity index (χ4v) is 32.6. The van der Waals surface area contributed by atoms with E-state index in [0.717, 1.165) is 17.1 Å². The second-order valence-electron chi connectivity index (χ2n) is 37.7. The third-order valence-corrected chi connectivity index (χ3v) is 39.3. The summed E-state index contributed by atoms with van der Waals surface area (Å²) in [7, 11) is -5.33. The highest BCUT2D eigenvalue weighted by Crippen LogP contribution is 2.43. The average Bonchev–Trinajstić information content (AvgIpc) is 1.45. The molecule has 4 nitrogen and oxygen atoms in total. The van der Waals surface area contributed by atoms with Gasteiger partial charge in [0.05, 0.1) is 44.1 Å². The van der Waals surface area contributed by atoms with Crippen molar-refractivity contribution in [3.63, 3.8) is 0 Å². The van der Waals surface area contributed by atoms with Crippen molar-refractivity contribution in [3.05, 3.63) is 582 Å². The third kappa shape index (κ3) is 15.1. The van der Waals surface area contributed by atoms with E-state index in [1.54, 1.807) is 0 Å². The summed E-state index contributed by atoms with van der Waals surface area (Å²) in [5, 5.41) is 21.0. The Labute approximate surface area is 839 Å². The van der Waals surface area contributed by atoms with Crippen LogP contribution in [0.15, 0.2) is 582 Å². The summed E-state index contributed by atoms with van der Waals surface area (Å²) in [6.07, 6.45) is 0. The Kier molecular flexibility index (Phi) is 22.0. The van der Waals surface area contributed by atoms with Crippen LogP contribution in [0.2, 0.25) is 0 Å². The first kappa shape index (κ1) is 86.1. The van der Waals surface area contributed by atoms with Crippen molar-refractivity contribution >= 4 is 145 Å². The Bertz CT molecular complexity index is 9220. The molecule has 0 saturated carbocycles. The number of fused-ring (bicyclic) bond motifs is 12. The molecule has 4 heterocycles. The maximum Gasteiger partial charge on any atom is 0.179 e. The average molecular weight is 1870 g/mol. The minimum atomic E-state index is -2.67. The summed E-state index contributed by atoms with van der Waals surface area (Å²) in [4.78, 5) is 0. The zero-order chi connectivity index (χ0) is 95.4. The van der Waals surface area contributed by atoms with E-state index < -0.39 is 16.1 Å². The van der Waals surface area contributed by atoms with Crippen molar-refractivity contribution in [2.45, 2.75) is 0 Å². The van der Waals surface area contributed by atoms with Gasteiger partial charge in [-0.1, -0.05) is 461 Å². The van der Waals surface area contributed by atoms with Gasteiger partial charge in [0.1, 0.15) is 0 Å². The monoisotopic (exact) mass is 1860 g/mol. The first-order valence-electron chi connectivity index (χ1n) is 49.7. The molecule has 0 amide bonds. The molecule has 27 aromatic rings. The van der Waals surface area contributed by atoms with E-state index in [4.69, 9.17) is 0 Å². The molecule has 23 aromatic carbocycles. The van der Waals surface area contributed by atoms with Crippen LogP contribution >= 0.6 is 0 Å². The van der Waals surface area contributed by atoms with Crippen molar-refractivity contribution in [1.82, 2.24) is 18.3 Å². The largest absolute Gasteiger partial charge is 0.309 e. The lowest BCUT2D eigenvalue weighted by atomic mass is 9.98. The number of hydrogen-bond donors (Lipinski definition) is 0. The zero-order valence-corrected chi connectivity index (χ0v) is 81.2. The minimum Gasteiger partial charge on any atom is -0.309 e. The maximum absolute atomic E-state index is 2.67. The number of rotatable bonds is 19. The lowest BCUT2D eigenvalue weighted by Gasteiger charge is -2.34. The molecule has 0 N–H and O–H groups in total. The van der Waals surface area contributed by atoms with Gasteiger partial charge in [-0.3, -0.25) is 0 Å². The zero-order valence-electron chi connectivity index (χ0n) is 79.2. The summed E-state index contributed by atoms with van der Waals surface area (Å²) >= 11 is 0. The quantitative estimate of drug-likeness (QED) is 0.0568. The van der Waals surface area contributed by atoms with Gasteiger partial charge in [0.15, 0.2) is 16.1 Å². The van der Waals surface area contributed by atoms with Gasteiger partial charge < -0.3 is 18.3 Å². The molecule has 27 rings (SSSR count). The molecule has 0 fully saturated rings. The number of para-hydroxylation sites is 5. The Morgan fingerprint density at radius 2 is 0.257 bits per heavy atom. The second kappa shape index (κ2) is 36.8. The smallest absolute Gasteiger partial charge is 0.179 e. The van der Waals surface area contributed by atoms with Crippen LogP contribution in [0.1, 0.15) is 0 Å². The van der Waals surface area contributed by atoms with E-state index in [2.05, 4.69) is 601 Å². The van der Waals surface area contributed by atoms with Crippen molar-refractivity contribution < 1.29 is 0 Å². The van der Waals surface area contributed by atoms with E-state index in [1.807, 2.05) is 0 Å². The van der Waals surface area contributed by atoms with Crippen molar-refractivity contribution in [3.8, 4) is 101 Å². The normalized spacial score (nSPS) is 11.8.